The van der Waals surface area contributed by atoms with Gasteiger partial charge in [-0.1, -0.05) is 0 Å². The van der Waals surface area contributed by atoms with Crippen molar-refractivity contribution in [3.63, 3.8) is 0 Å². The van der Waals surface area contributed by atoms with Crippen molar-refractivity contribution >= 4 is 30.9 Å². The molecule has 3 heterocycles. The molecule has 0 radical (unpaired) electrons. The molecule has 5 N–H and O–H groups in total. The minimum atomic E-state index is -2.39. The molecular formula is C12H15N5O7P+. The summed E-state index contributed by atoms with van der Waals surface area (Å²) in [4.78, 5) is 23.5. The lowest BCUT2D eigenvalue weighted by molar-refractivity contribution is -0.332. The Morgan fingerprint density at radius 3 is 2.96 bits per heavy atom. The van der Waals surface area contributed by atoms with Crippen molar-refractivity contribution in [3.8, 4) is 0 Å². The molecular weight excluding hydrogens is 357 g/mol. The zero-order chi connectivity index (χ0) is 18.2. The second kappa shape index (κ2) is 6.58. The van der Waals surface area contributed by atoms with Crippen LogP contribution in [0.15, 0.2) is 12.7 Å². The maximum absolute atomic E-state index is 12.4. The number of aromatic nitrogens is 4. The highest BCUT2D eigenvalue weighted by atomic mass is 31.1. The number of imidazole rings is 1. The van der Waals surface area contributed by atoms with Crippen LogP contribution in [-0.2, 0) is 18.8 Å². The molecule has 1 saturated heterocycles. The average molecular weight is 372 g/mol. The van der Waals surface area contributed by atoms with E-state index < -0.39 is 51.3 Å². The van der Waals surface area contributed by atoms with Gasteiger partial charge in [0.2, 0.25) is 5.65 Å². The number of nitrogen functional groups attached to an aromatic ring is 1. The molecule has 12 nitrogen and oxygen atoms in total. The number of nitrogens with zero attached hydrogens (tertiary/aromatic N) is 4. The van der Waals surface area contributed by atoms with Gasteiger partial charge in [0.1, 0.15) is 18.8 Å². The van der Waals surface area contributed by atoms with E-state index in [1.54, 1.807) is 0 Å². The Morgan fingerprint density at radius 2 is 2.28 bits per heavy atom. The molecule has 1 fully saturated rings. The molecule has 1 unspecified atom stereocenters. The number of hydrogen-bond donors (Lipinski definition) is 4. The molecule has 0 aromatic carbocycles. The van der Waals surface area contributed by atoms with Gasteiger partial charge in [0.25, 0.3) is 6.16 Å². The van der Waals surface area contributed by atoms with Crippen LogP contribution in [0.5, 0.6) is 0 Å². The first-order valence-electron chi connectivity index (χ1n) is 7.12. The zero-order valence-corrected chi connectivity index (χ0v) is 13.6. The summed E-state index contributed by atoms with van der Waals surface area (Å²) in [6.45, 7) is -0.558. The van der Waals surface area contributed by atoms with Gasteiger partial charge in [-0.25, -0.2) is 19.7 Å². The predicted octanol–water partition coefficient (Wildman–Crippen LogP) is -1.67. The van der Waals surface area contributed by atoms with Crippen molar-refractivity contribution in [1.29, 1.82) is 0 Å². The van der Waals surface area contributed by atoms with Gasteiger partial charge in [-0.05, 0) is 4.57 Å². The first-order valence-corrected chi connectivity index (χ1v) is 8.52. The number of hydrogen-bond acceptors (Lipinski definition) is 11. The van der Waals surface area contributed by atoms with Crippen molar-refractivity contribution in [3.05, 3.63) is 12.7 Å². The maximum atomic E-state index is 12.4. The minimum absolute atomic E-state index is 0.104. The van der Waals surface area contributed by atoms with Crippen LogP contribution in [0.1, 0.15) is 6.42 Å². The molecule has 0 saturated carbocycles. The fourth-order valence-electron chi connectivity index (χ4n) is 2.38. The van der Waals surface area contributed by atoms with E-state index in [1.165, 1.54) is 12.7 Å². The van der Waals surface area contributed by atoms with Crippen molar-refractivity contribution in [2.45, 2.75) is 24.6 Å². The summed E-state index contributed by atoms with van der Waals surface area (Å²) in [6.07, 6.45) is -0.941. The molecule has 0 bridgehead atoms. The molecule has 2 aromatic heterocycles. The quantitative estimate of drug-likeness (QED) is 0.267. The first-order chi connectivity index (χ1) is 11.8. The molecule has 1 aliphatic heterocycles. The van der Waals surface area contributed by atoms with E-state index in [2.05, 4.69) is 15.0 Å². The highest BCUT2D eigenvalue weighted by molar-refractivity contribution is 7.44. The number of aliphatic hydroxyl groups is 3. The number of carbonyl (C=O) groups is 1. The van der Waals surface area contributed by atoms with E-state index in [9.17, 15) is 19.6 Å². The fourth-order valence-corrected chi connectivity index (χ4v) is 3.35. The molecule has 0 amide bonds. The van der Waals surface area contributed by atoms with Crippen LogP contribution in [0.25, 0.3) is 11.2 Å². The normalized spacial score (nSPS) is 26.8. The van der Waals surface area contributed by atoms with Gasteiger partial charge in [0.05, 0.1) is 19.1 Å². The Labute approximate surface area is 141 Å². The molecule has 0 spiro atoms. The zero-order valence-electron chi connectivity index (χ0n) is 12.7. The Hall–Kier alpha value is -2.24. The summed E-state index contributed by atoms with van der Waals surface area (Å²) < 4.78 is 23.2. The highest BCUT2D eigenvalue weighted by Crippen LogP contribution is 2.32. The Morgan fingerprint density at radius 1 is 1.52 bits per heavy atom. The summed E-state index contributed by atoms with van der Waals surface area (Å²) in [5.41, 5.74) is 6.06. The monoisotopic (exact) mass is 372 g/mol. The Kier molecular flexibility index (Phi) is 4.62. The van der Waals surface area contributed by atoms with Gasteiger partial charge >= 0.3 is 19.9 Å². The minimum Gasteiger partial charge on any atom is -0.405 e. The van der Waals surface area contributed by atoms with Crippen LogP contribution >= 0.6 is 7.95 Å². The standard InChI is InChI=1S/C12H15N5O7P/c13-10-9-11(15-4-14-10)17(5-16-9)25(22)3-8(20)24-12(21)1-6(19)7(2-18)23-12/h4-7,18-19,21H,1-3H2,(H2,13,14,15)/q+1/t6-,7+,12-/m0/s1. The maximum Gasteiger partial charge on any atom is 0.481 e. The van der Waals surface area contributed by atoms with E-state index in [4.69, 9.17) is 20.3 Å². The molecule has 13 heteroatoms. The fraction of sp³-hybridized carbons (Fsp3) is 0.500. The lowest BCUT2D eigenvalue weighted by Crippen LogP contribution is -2.36. The number of esters is 1. The predicted molar refractivity (Wildman–Crippen MR) is 81.2 cm³/mol. The van der Waals surface area contributed by atoms with E-state index in [0.717, 1.165) is 4.34 Å². The van der Waals surface area contributed by atoms with E-state index >= 15 is 0 Å². The molecule has 3 rings (SSSR count). The van der Waals surface area contributed by atoms with Crippen LogP contribution in [0.3, 0.4) is 0 Å². The van der Waals surface area contributed by atoms with Gasteiger partial charge in [-0.2, -0.15) is 0 Å². The second-order valence-electron chi connectivity index (χ2n) is 5.33. The molecule has 2 aromatic rings. The van der Waals surface area contributed by atoms with Gasteiger partial charge in [-0.3, -0.25) is 0 Å². The smallest absolute Gasteiger partial charge is 0.405 e. The SMILES string of the molecule is Nc1ncnc2c1ncn2[P+](=O)CC(=O)O[C@]1(O)C[C@H](O)[C@@H](CO)O1. The topological polar surface area (TPSA) is 183 Å². The molecule has 4 atom stereocenters. The second-order valence-corrected chi connectivity index (χ2v) is 6.78. The van der Waals surface area contributed by atoms with Crippen LogP contribution in [0, 0.1) is 0 Å². The molecule has 25 heavy (non-hydrogen) atoms. The third-order valence-corrected chi connectivity index (χ3v) is 4.84. The summed E-state index contributed by atoms with van der Waals surface area (Å²) in [5.74, 6) is -3.31. The lowest BCUT2D eigenvalue weighted by atomic mass is 10.2. The van der Waals surface area contributed by atoms with Crippen molar-refractivity contribution in [2.75, 3.05) is 18.5 Å². The largest absolute Gasteiger partial charge is 0.481 e. The number of aliphatic hydroxyl groups excluding tert-OH is 2. The number of rotatable bonds is 5. The Bertz CT molecular complexity index is 829. The summed E-state index contributed by atoms with van der Waals surface area (Å²) >= 11 is 0. The van der Waals surface area contributed by atoms with E-state index in [-0.39, 0.29) is 17.0 Å². The number of carbonyl (C=O) groups excluding carboxylic acids is 1. The van der Waals surface area contributed by atoms with Crippen molar-refractivity contribution in [1.82, 2.24) is 19.3 Å². The van der Waals surface area contributed by atoms with Crippen LogP contribution in [0.2, 0.25) is 0 Å². The van der Waals surface area contributed by atoms with Crippen LogP contribution in [-0.4, -0.2) is 71.5 Å². The highest BCUT2D eigenvalue weighted by Gasteiger charge is 2.48. The van der Waals surface area contributed by atoms with Gasteiger partial charge in [-0.15, -0.1) is 4.34 Å². The third kappa shape index (κ3) is 3.43. The number of fused-ring (bicyclic) bond motifs is 1. The summed E-state index contributed by atoms with van der Waals surface area (Å²) in [6, 6.07) is 0. The van der Waals surface area contributed by atoms with Crippen molar-refractivity contribution < 1.29 is 34.2 Å². The van der Waals surface area contributed by atoms with Gasteiger partial charge in [0.15, 0.2) is 11.3 Å². The average Bonchev–Trinajstić information content (AvgIpc) is 3.08. The van der Waals surface area contributed by atoms with Gasteiger partial charge in [0, 0.05) is 0 Å². The third-order valence-electron chi connectivity index (χ3n) is 3.53. The molecule has 1 aliphatic rings. The van der Waals surface area contributed by atoms with Crippen LogP contribution in [0.4, 0.5) is 5.82 Å². The number of ether oxygens (including phenoxy) is 2. The van der Waals surface area contributed by atoms with E-state index in [1.807, 2.05) is 0 Å². The number of nitrogens with two attached hydrogens (primary N) is 1. The van der Waals surface area contributed by atoms with Gasteiger partial charge < -0.3 is 30.5 Å². The molecule has 0 aliphatic carbocycles. The van der Waals surface area contributed by atoms with Crippen LogP contribution < -0.4 is 5.73 Å². The number of anilines is 1. The van der Waals surface area contributed by atoms with E-state index in [0.29, 0.717) is 0 Å². The lowest BCUT2D eigenvalue weighted by Gasteiger charge is -2.20. The Balaban J connectivity index is 1.69. The van der Waals surface area contributed by atoms with Crippen molar-refractivity contribution in [2.24, 2.45) is 0 Å². The summed E-state index contributed by atoms with van der Waals surface area (Å²) in [5, 5.41) is 28.6. The molecule has 134 valence electrons. The summed E-state index contributed by atoms with van der Waals surface area (Å²) in [7, 11) is -2.35. The first kappa shape index (κ1) is 17.6.